The SMILES string of the molecule is O=S1(=O)NCCCN1CC1(CBr)CC1. The van der Waals surface area contributed by atoms with Crippen molar-refractivity contribution in [2.45, 2.75) is 19.3 Å². The predicted molar refractivity (Wildman–Crippen MR) is 58.6 cm³/mol. The van der Waals surface area contributed by atoms with Crippen molar-refractivity contribution in [1.82, 2.24) is 9.03 Å². The van der Waals surface area contributed by atoms with Gasteiger partial charge in [-0.25, -0.2) is 4.72 Å². The zero-order valence-electron chi connectivity index (χ0n) is 8.00. The van der Waals surface area contributed by atoms with Crippen molar-refractivity contribution in [3.05, 3.63) is 0 Å². The molecular formula is C8H15BrN2O2S. The monoisotopic (exact) mass is 282 g/mol. The van der Waals surface area contributed by atoms with E-state index in [0.717, 1.165) is 24.6 Å². The van der Waals surface area contributed by atoms with Gasteiger partial charge >= 0.3 is 0 Å². The van der Waals surface area contributed by atoms with Crippen molar-refractivity contribution in [2.24, 2.45) is 5.41 Å². The van der Waals surface area contributed by atoms with Crippen LogP contribution in [0.25, 0.3) is 0 Å². The summed E-state index contributed by atoms with van der Waals surface area (Å²) in [7, 11) is -3.16. The van der Waals surface area contributed by atoms with Crippen LogP contribution in [0.2, 0.25) is 0 Å². The van der Waals surface area contributed by atoms with Gasteiger partial charge in [0.05, 0.1) is 0 Å². The molecule has 82 valence electrons. The van der Waals surface area contributed by atoms with Gasteiger partial charge in [-0.1, -0.05) is 15.9 Å². The van der Waals surface area contributed by atoms with Crippen LogP contribution < -0.4 is 4.72 Å². The van der Waals surface area contributed by atoms with Gasteiger partial charge in [-0.15, -0.1) is 0 Å². The number of hydrogen-bond donors (Lipinski definition) is 1. The first-order chi connectivity index (χ1) is 6.58. The molecule has 14 heavy (non-hydrogen) atoms. The Morgan fingerprint density at radius 2 is 2.14 bits per heavy atom. The van der Waals surface area contributed by atoms with E-state index in [9.17, 15) is 8.42 Å². The van der Waals surface area contributed by atoms with E-state index in [-0.39, 0.29) is 5.41 Å². The summed E-state index contributed by atoms with van der Waals surface area (Å²) in [6.45, 7) is 1.93. The minimum absolute atomic E-state index is 0.228. The molecule has 0 unspecified atom stereocenters. The third kappa shape index (κ3) is 2.13. The molecule has 0 spiro atoms. The summed E-state index contributed by atoms with van der Waals surface area (Å²) in [5, 5.41) is 0.909. The Balaban J connectivity index is 2.03. The number of alkyl halides is 1. The first kappa shape index (κ1) is 10.9. The molecule has 2 aliphatic rings. The van der Waals surface area contributed by atoms with Crippen LogP contribution in [-0.4, -0.2) is 37.7 Å². The fraction of sp³-hybridized carbons (Fsp3) is 1.00. The van der Waals surface area contributed by atoms with E-state index in [0.29, 0.717) is 19.6 Å². The third-order valence-electron chi connectivity index (χ3n) is 2.96. The maximum Gasteiger partial charge on any atom is 0.279 e. The van der Waals surface area contributed by atoms with Gasteiger partial charge in [-0.2, -0.15) is 12.7 Å². The van der Waals surface area contributed by atoms with E-state index in [1.54, 1.807) is 4.31 Å². The zero-order chi connectivity index (χ0) is 10.2. The Hall–Kier alpha value is 0.350. The standard InChI is InChI=1S/C8H15BrN2O2S/c9-6-8(2-3-8)7-11-5-1-4-10-14(11,12)13/h10H,1-7H2. The Kier molecular flexibility index (Phi) is 2.90. The summed E-state index contributed by atoms with van der Waals surface area (Å²) in [6, 6.07) is 0. The van der Waals surface area contributed by atoms with Crippen LogP contribution in [-0.2, 0) is 10.2 Å². The van der Waals surface area contributed by atoms with Crippen molar-refractivity contribution in [2.75, 3.05) is 25.0 Å². The average Bonchev–Trinajstić information content (AvgIpc) is 2.90. The van der Waals surface area contributed by atoms with Gasteiger partial charge in [0.2, 0.25) is 0 Å². The number of hydrogen-bond acceptors (Lipinski definition) is 2. The second-order valence-electron chi connectivity index (χ2n) is 4.22. The lowest BCUT2D eigenvalue weighted by molar-refractivity contribution is 0.323. The van der Waals surface area contributed by atoms with Crippen LogP contribution in [0, 0.1) is 5.41 Å². The van der Waals surface area contributed by atoms with Crippen molar-refractivity contribution >= 4 is 26.1 Å². The molecule has 0 aromatic heterocycles. The molecular weight excluding hydrogens is 268 g/mol. The molecule has 2 rings (SSSR count). The van der Waals surface area contributed by atoms with Gasteiger partial charge in [0.15, 0.2) is 0 Å². The fourth-order valence-corrected chi connectivity index (χ4v) is 3.85. The minimum Gasteiger partial charge on any atom is -0.202 e. The summed E-state index contributed by atoms with van der Waals surface area (Å²) in [4.78, 5) is 0. The zero-order valence-corrected chi connectivity index (χ0v) is 10.4. The molecule has 0 radical (unpaired) electrons. The summed E-state index contributed by atoms with van der Waals surface area (Å²) >= 11 is 3.46. The highest BCUT2D eigenvalue weighted by Crippen LogP contribution is 2.48. The molecule has 1 saturated carbocycles. The lowest BCUT2D eigenvalue weighted by atomic mass is 10.1. The molecule has 0 aromatic carbocycles. The van der Waals surface area contributed by atoms with Crippen LogP contribution in [0.15, 0.2) is 0 Å². The third-order valence-corrected chi connectivity index (χ3v) is 5.71. The first-order valence-corrected chi connectivity index (χ1v) is 7.45. The van der Waals surface area contributed by atoms with E-state index >= 15 is 0 Å². The molecule has 2 fully saturated rings. The molecule has 4 nitrogen and oxygen atoms in total. The minimum atomic E-state index is -3.16. The second kappa shape index (κ2) is 3.73. The Bertz CT molecular complexity index is 313. The highest BCUT2D eigenvalue weighted by Gasteiger charge is 2.45. The molecule has 1 saturated heterocycles. The van der Waals surface area contributed by atoms with Gasteiger partial charge in [0.25, 0.3) is 10.2 Å². The second-order valence-corrected chi connectivity index (χ2v) is 6.54. The molecule has 1 aliphatic heterocycles. The molecule has 0 atom stereocenters. The van der Waals surface area contributed by atoms with Crippen molar-refractivity contribution in [1.29, 1.82) is 0 Å². The maximum absolute atomic E-state index is 11.6. The van der Waals surface area contributed by atoms with Crippen LogP contribution in [0.3, 0.4) is 0 Å². The summed E-state index contributed by atoms with van der Waals surface area (Å²) in [5.74, 6) is 0. The molecule has 6 heteroatoms. The van der Waals surface area contributed by atoms with Gasteiger partial charge in [-0.3, -0.25) is 0 Å². The van der Waals surface area contributed by atoms with E-state index in [2.05, 4.69) is 20.7 Å². The number of nitrogens with zero attached hydrogens (tertiary/aromatic N) is 1. The smallest absolute Gasteiger partial charge is 0.202 e. The molecule has 0 bridgehead atoms. The van der Waals surface area contributed by atoms with Gasteiger partial charge in [0, 0.05) is 25.0 Å². The maximum atomic E-state index is 11.6. The average molecular weight is 283 g/mol. The quantitative estimate of drug-likeness (QED) is 0.775. The lowest BCUT2D eigenvalue weighted by Crippen LogP contribution is -2.49. The van der Waals surface area contributed by atoms with E-state index < -0.39 is 10.2 Å². The summed E-state index contributed by atoms with van der Waals surface area (Å²) < 4.78 is 27.4. The van der Waals surface area contributed by atoms with Crippen molar-refractivity contribution in [3.8, 4) is 0 Å². The summed E-state index contributed by atoms with van der Waals surface area (Å²) in [6.07, 6.45) is 3.20. The Labute approximate surface area is 93.4 Å². The van der Waals surface area contributed by atoms with E-state index in [1.807, 2.05) is 0 Å². The molecule has 1 N–H and O–H groups in total. The highest BCUT2D eigenvalue weighted by atomic mass is 79.9. The Morgan fingerprint density at radius 3 is 2.64 bits per heavy atom. The first-order valence-electron chi connectivity index (χ1n) is 4.89. The molecule has 1 heterocycles. The summed E-state index contributed by atoms with van der Waals surface area (Å²) in [5.41, 5.74) is 0.228. The van der Waals surface area contributed by atoms with Gasteiger partial charge in [-0.05, 0) is 24.7 Å². The largest absolute Gasteiger partial charge is 0.279 e. The van der Waals surface area contributed by atoms with E-state index in [4.69, 9.17) is 0 Å². The molecule has 0 amide bonds. The predicted octanol–water partition coefficient (Wildman–Crippen LogP) is 0.702. The van der Waals surface area contributed by atoms with E-state index in [1.165, 1.54) is 0 Å². The Morgan fingerprint density at radius 1 is 1.43 bits per heavy atom. The molecule has 1 aliphatic carbocycles. The number of halogens is 1. The number of nitrogens with one attached hydrogen (secondary N) is 1. The van der Waals surface area contributed by atoms with Gasteiger partial charge < -0.3 is 0 Å². The normalized spacial score (nSPS) is 30.1. The van der Waals surface area contributed by atoms with Crippen LogP contribution >= 0.6 is 15.9 Å². The highest BCUT2D eigenvalue weighted by molar-refractivity contribution is 9.09. The van der Waals surface area contributed by atoms with Crippen molar-refractivity contribution in [3.63, 3.8) is 0 Å². The fourth-order valence-electron chi connectivity index (χ4n) is 1.72. The topological polar surface area (TPSA) is 49.4 Å². The van der Waals surface area contributed by atoms with Crippen LogP contribution in [0.1, 0.15) is 19.3 Å². The van der Waals surface area contributed by atoms with Crippen LogP contribution in [0.5, 0.6) is 0 Å². The lowest BCUT2D eigenvalue weighted by Gasteiger charge is -2.29. The number of rotatable bonds is 3. The van der Waals surface area contributed by atoms with Gasteiger partial charge in [0.1, 0.15) is 0 Å². The van der Waals surface area contributed by atoms with Crippen LogP contribution in [0.4, 0.5) is 0 Å². The molecule has 0 aromatic rings. The van der Waals surface area contributed by atoms with Crippen molar-refractivity contribution < 1.29 is 8.42 Å².